The first-order valence-electron chi connectivity index (χ1n) is 9.18. The molecule has 0 spiro atoms. The number of nitrogens with one attached hydrogen (secondary N) is 1. The number of carbonyl (C=O) groups excluding carboxylic acids is 2. The van der Waals surface area contributed by atoms with Crippen LogP contribution in [0, 0.1) is 18.2 Å². The van der Waals surface area contributed by atoms with Gasteiger partial charge in [-0.2, -0.15) is 5.10 Å². The van der Waals surface area contributed by atoms with Crippen LogP contribution in [0.15, 0.2) is 24.3 Å². The number of halogens is 1. The van der Waals surface area contributed by atoms with E-state index in [1.165, 1.54) is 10.7 Å². The number of nitrogens with zero attached hydrogens (tertiary/aromatic N) is 3. The maximum atomic E-state index is 14.0. The zero-order valence-corrected chi connectivity index (χ0v) is 16.8. The van der Waals surface area contributed by atoms with Crippen molar-refractivity contribution in [2.24, 2.45) is 7.05 Å². The minimum Gasteiger partial charge on any atom is -0.337 e. The van der Waals surface area contributed by atoms with Gasteiger partial charge in [-0.3, -0.25) is 14.3 Å². The highest BCUT2D eigenvalue weighted by molar-refractivity contribution is 7.20. The van der Waals surface area contributed by atoms with Gasteiger partial charge in [0, 0.05) is 25.6 Å². The molecule has 0 saturated heterocycles. The second kappa shape index (κ2) is 7.33. The van der Waals surface area contributed by atoms with Crippen molar-refractivity contribution < 1.29 is 14.0 Å². The molecule has 4 rings (SSSR count). The first-order valence-corrected chi connectivity index (χ1v) is 9.99. The van der Waals surface area contributed by atoms with Crippen molar-refractivity contribution in [3.8, 4) is 12.3 Å². The summed E-state index contributed by atoms with van der Waals surface area (Å²) in [6.45, 7) is 2.48. The molecule has 1 aromatic carbocycles. The van der Waals surface area contributed by atoms with Crippen LogP contribution in [0.3, 0.4) is 0 Å². The summed E-state index contributed by atoms with van der Waals surface area (Å²) in [5.41, 5.74) is 1.93. The van der Waals surface area contributed by atoms with Crippen LogP contribution in [-0.4, -0.2) is 39.1 Å². The Labute approximate surface area is 171 Å². The third kappa shape index (κ3) is 3.38. The van der Waals surface area contributed by atoms with Gasteiger partial charge in [-0.25, -0.2) is 4.39 Å². The smallest absolute Gasteiger partial charge is 0.270 e. The molecule has 1 aliphatic heterocycles. The lowest BCUT2D eigenvalue weighted by molar-refractivity contribution is 0.0736. The van der Waals surface area contributed by atoms with E-state index in [1.807, 2.05) is 0 Å². The largest absolute Gasteiger partial charge is 0.337 e. The van der Waals surface area contributed by atoms with Crippen LogP contribution in [0.25, 0.3) is 10.1 Å². The fourth-order valence-electron chi connectivity index (χ4n) is 3.55. The molecular formula is C21H19FN4O2S. The topological polar surface area (TPSA) is 67.2 Å². The van der Waals surface area contributed by atoms with Gasteiger partial charge in [-0.05, 0) is 24.4 Å². The molecule has 3 aromatic rings. The first-order chi connectivity index (χ1) is 13.9. The van der Waals surface area contributed by atoms with Crippen LogP contribution in [0.5, 0.6) is 0 Å². The lowest BCUT2D eigenvalue weighted by atomic mass is 10.0. The van der Waals surface area contributed by atoms with Gasteiger partial charge in [0.1, 0.15) is 11.5 Å². The zero-order valence-electron chi connectivity index (χ0n) is 16.0. The molecule has 0 fully saturated rings. The van der Waals surface area contributed by atoms with E-state index in [1.54, 1.807) is 37.1 Å². The maximum absolute atomic E-state index is 14.0. The fourth-order valence-corrected chi connectivity index (χ4v) is 4.59. The molecular weight excluding hydrogens is 391 g/mol. The molecule has 8 heteroatoms. The summed E-state index contributed by atoms with van der Waals surface area (Å²) < 4.78 is 16.0. The summed E-state index contributed by atoms with van der Waals surface area (Å²) in [6, 6.07) is 6.10. The summed E-state index contributed by atoms with van der Waals surface area (Å²) >= 11 is 1.15. The molecule has 0 radical (unpaired) electrons. The summed E-state index contributed by atoms with van der Waals surface area (Å²) in [4.78, 5) is 27.9. The van der Waals surface area contributed by atoms with E-state index in [9.17, 15) is 14.0 Å². The Balaban J connectivity index is 1.62. The Morgan fingerprint density at radius 3 is 2.93 bits per heavy atom. The van der Waals surface area contributed by atoms with Crippen LogP contribution >= 0.6 is 11.3 Å². The highest BCUT2D eigenvalue weighted by Gasteiger charge is 2.30. The van der Waals surface area contributed by atoms with Gasteiger partial charge in [0.2, 0.25) is 0 Å². The Kier molecular flexibility index (Phi) is 4.84. The Hall–Kier alpha value is -3.18. The molecule has 1 aliphatic rings. The van der Waals surface area contributed by atoms with Gasteiger partial charge in [-0.1, -0.05) is 18.1 Å². The van der Waals surface area contributed by atoms with E-state index in [0.29, 0.717) is 33.6 Å². The number of aryl methyl sites for hydroxylation is 1. The van der Waals surface area contributed by atoms with Crippen molar-refractivity contribution >= 4 is 33.2 Å². The molecule has 1 unspecified atom stereocenters. The molecule has 1 N–H and O–H groups in total. The standard InChI is InChI=1S/C21H19FN4O2S/c1-4-12(2)23-20(27)18-14-11-26(9-8-16(14)24-25(18)3)21(28)17-10-13-6-5-7-15(22)19(13)29-17/h1,5-7,10,12H,8-9,11H2,2-3H3,(H,23,27). The van der Waals surface area contributed by atoms with E-state index >= 15 is 0 Å². The van der Waals surface area contributed by atoms with Crippen molar-refractivity contribution in [2.45, 2.75) is 25.9 Å². The van der Waals surface area contributed by atoms with Gasteiger partial charge in [-0.15, -0.1) is 17.8 Å². The number of hydrogen-bond donors (Lipinski definition) is 1. The number of amides is 2. The monoisotopic (exact) mass is 410 g/mol. The van der Waals surface area contributed by atoms with Gasteiger partial charge < -0.3 is 10.2 Å². The van der Waals surface area contributed by atoms with E-state index in [0.717, 1.165) is 22.6 Å². The van der Waals surface area contributed by atoms with Gasteiger partial charge in [0.05, 0.1) is 27.9 Å². The summed E-state index contributed by atoms with van der Waals surface area (Å²) in [5.74, 6) is 1.64. The SMILES string of the molecule is C#CC(C)NC(=O)c1c2c(nn1C)CCN(C(=O)c1cc3cccc(F)c3s1)C2. The number of rotatable bonds is 3. The number of benzene rings is 1. The molecule has 2 aromatic heterocycles. The molecule has 2 amide bonds. The van der Waals surface area contributed by atoms with Crippen LogP contribution in [0.1, 0.15) is 38.3 Å². The van der Waals surface area contributed by atoms with Gasteiger partial charge in [0.15, 0.2) is 0 Å². The fraction of sp³-hybridized carbons (Fsp3) is 0.286. The highest BCUT2D eigenvalue weighted by atomic mass is 32.1. The van der Waals surface area contributed by atoms with E-state index < -0.39 is 6.04 Å². The van der Waals surface area contributed by atoms with E-state index in [-0.39, 0.29) is 24.2 Å². The van der Waals surface area contributed by atoms with Crippen molar-refractivity contribution in [2.75, 3.05) is 6.54 Å². The maximum Gasteiger partial charge on any atom is 0.270 e. The number of aromatic nitrogens is 2. The van der Waals surface area contributed by atoms with Crippen LogP contribution in [0.2, 0.25) is 0 Å². The molecule has 29 heavy (non-hydrogen) atoms. The second-order valence-corrected chi connectivity index (χ2v) is 8.06. The molecule has 6 nitrogen and oxygen atoms in total. The van der Waals surface area contributed by atoms with E-state index in [4.69, 9.17) is 6.42 Å². The molecule has 0 aliphatic carbocycles. The van der Waals surface area contributed by atoms with Crippen molar-refractivity contribution in [3.63, 3.8) is 0 Å². The normalized spacial score (nSPS) is 14.3. The quantitative estimate of drug-likeness (QED) is 0.675. The van der Waals surface area contributed by atoms with Crippen molar-refractivity contribution in [3.05, 3.63) is 51.9 Å². The van der Waals surface area contributed by atoms with Crippen LogP contribution in [0.4, 0.5) is 4.39 Å². The van der Waals surface area contributed by atoms with Crippen LogP contribution < -0.4 is 5.32 Å². The zero-order chi connectivity index (χ0) is 20.7. The Morgan fingerprint density at radius 2 is 2.21 bits per heavy atom. The van der Waals surface area contributed by atoms with E-state index in [2.05, 4.69) is 16.3 Å². The predicted octanol–water partition coefficient (Wildman–Crippen LogP) is 2.72. The average molecular weight is 410 g/mol. The minimum atomic E-state index is -0.414. The van der Waals surface area contributed by atoms with Gasteiger partial charge in [0.25, 0.3) is 11.8 Å². The number of fused-ring (bicyclic) bond motifs is 2. The minimum absolute atomic E-state index is 0.177. The first kappa shape index (κ1) is 19.2. The lowest BCUT2D eigenvalue weighted by Gasteiger charge is -2.26. The van der Waals surface area contributed by atoms with Crippen LogP contribution in [-0.2, 0) is 20.0 Å². The summed E-state index contributed by atoms with van der Waals surface area (Å²) in [5, 5.41) is 7.89. The van der Waals surface area contributed by atoms with Crippen molar-refractivity contribution in [1.29, 1.82) is 0 Å². The third-order valence-corrected chi connectivity index (χ3v) is 6.15. The highest BCUT2D eigenvalue weighted by Crippen LogP contribution is 2.30. The number of hydrogen-bond acceptors (Lipinski definition) is 4. The molecule has 3 heterocycles. The molecule has 148 valence electrons. The number of terminal acetylenes is 1. The predicted molar refractivity (Wildman–Crippen MR) is 109 cm³/mol. The molecule has 0 saturated carbocycles. The molecule has 0 bridgehead atoms. The lowest BCUT2D eigenvalue weighted by Crippen LogP contribution is -2.37. The second-order valence-electron chi connectivity index (χ2n) is 7.00. The third-order valence-electron chi connectivity index (χ3n) is 5.00. The summed E-state index contributed by atoms with van der Waals surface area (Å²) in [7, 11) is 1.70. The number of thiophene rings is 1. The average Bonchev–Trinajstić information content (AvgIpc) is 3.27. The van der Waals surface area contributed by atoms with Crippen molar-refractivity contribution in [1.82, 2.24) is 20.0 Å². The summed E-state index contributed by atoms with van der Waals surface area (Å²) in [6.07, 6.45) is 5.90. The Bertz CT molecular complexity index is 1170. The van der Waals surface area contributed by atoms with Gasteiger partial charge >= 0.3 is 0 Å². The Morgan fingerprint density at radius 1 is 1.41 bits per heavy atom. The molecule has 1 atom stereocenters. The number of carbonyl (C=O) groups is 2.